The van der Waals surface area contributed by atoms with E-state index < -0.39 is 0 Å². The molecule has 2 aliphatic heterocycles. The monoisotopic (exact) mass is 288 g/mol. The van der Waals surface area contributed by atoms with Gasteiger partial charge >= 0.3 is 6.09 Å². The number of benzene rings is 1. The van der Waals surface area contributed by atoms with E-state index in [1.807, 2.05) is 18.7 Å². The number of nitrogens with zero attached hydrogens (tertiary/aromatic N) is 1. The molecule has 0 bridgehead atoms. The Hall–Kier alpha value is -1.55. The van der Waals surface area contributed by atoms with Gasteiger partial charge in [0.25, 0.3) is 0 Å². The summed E-state index contributed by atoms with van der Waals surface area (Å²) in [5.74, 6) is 0. The Bertz CT molecular complexity index is 540. The lowest BCUT2D eigenvalue weighted by molar-refractivity contribution is 0.122. The van der Waals surface area contributed by atoms with Crippen LogP contribution < -0.4 is 10.2 Å². The van der Waals surface area contributed by atoms with Crippen molar-refractivity contribution in [3.63, 3.8) is 0 Å². The van der Waals surface area contributed by atoms with Crippen LogP contribution >= 0.6 is 0 Å². The van der Waals surface area contributed by atoms with Crippen LogP contribution in [-0.2, 0) is 24.0 Å². The standard InChI is InChI=1S/C17H24N2O2/c1-12(2)21-17(20)19-9-3-4-15-10-13-5-7-18-8-6-14(13)11-16(15)19/h10-12,18H,3-9H2,1-2H3. The van der Waals surface area contributed by atoms with E-state index in [-0.39, 0.29) is 12.2 Å². The summed E-state index contributed by atoms with van der Waals surface area (Å²) in [6.45, 7) is 6.61. The number of nitrogens with one attached hydrogen (secondary N) is 1. The van der Waals surface area contributed by atoms with Crippen LogP contribution in [0.3, 0.4) is 0 Å². The van der Waals surface area contributed by atoms with E-state index in [1.165, 1.54) is 16.7 Å². The van der Waals surface area contributed by atoms with Crippen molar-refractivity contribution in [2.75, 3.05) is 24.5 Å². The lowest BCUT2D eigenvalue weighted by Crippen LogP contribution is -2.37. The summed E-state index contributed by atoms with van der Waals surface area (Å²) >= 11 is 0. The Balaban J connectivity index is 1.93. The Labute approximate surface area is 126 Å². The molecule has 0 saturated carbocycles. The smallest absolute Gasteiger partial charge is 0.414 e. The maximum absolute atomic E-state index is 12.3. The number of carbonyl (C=O) groups excluding carboxylic acids is 1. The number of fused-ring (bicyclic) bond motifs is 2. The van der Waals surface area contributed by atoms with Gasteiger partial charge in [-0.2, -0.15) is 0 Å². The molecule has 1 aromatic rings. The second-order valence-electron chi connectivity index (χ2n) is 6.19. The molecule has 0 radical (unpaired) electrons. The molecule has 0 spiro atoms. The third kappa shape index (κ3) is 3.05. The first kappa shape index (κ1) is 14.4. The van der Waals surface area contributed by atoms with E-state index >= 15 is 0 Å². The maximum Gasteiger partial charge on any atom is 0.414 e. The molecular formula is C17H24N2O2. The summed E-state index contributed by atoms with van der Waals surface area (Å²) in [7, 11) is 0. The fourth-order valence-electron chi connectivity index (χ4n) is 3.22. The molecule has 0 saturated heterocycles. The van der Waals surface area contributed by atoms with E-state index in [9.17, 15) is 4.79 Å². The highest BCUT2D eigenvalue weighted by Gasteiger charge is 2.26. The van der Waals surface area contributed by atoms with Crippen molar-refractivity contribution in [3.8, 4) is 0 Å². The lowest BCUT2D eigenvalue weighted by atomic mass is 9.93. The highest BCUT2D eigenvalue weighted by atomic mass is 16.6. The molecule has 0 aromatic heterocycles. The maximum atomic E-state index is 12.3. The number of hydrogen-bond acceptors (Lipinski definition) is 3. The van der Waals surface area contributed by atoms with Gasteiger partial charge in [-0.3, -0.25) is 4.90 Å². The summed E-state index contributed by atoms with van der Waals surface area (Å²) in [6, 6.07) is 4.53. The zero-order chi connectivity index (χ0) is 14.8. The predicted octanol–water partition coefficient (Wildman–Crippen LogP) is 2.67. The molecule has 1 amide bonds. The van der Waals surface area contributed by atoms with Gasteiger partial charge in [-0.25, -0.2) is 4.79 Å². The van der Waals surface area contributed by atoms with Crippen molar-refractivity contribution in [2.45, 2.75) is 45.6 Å². The molecule has 114 valence electrons. The van der Waals surface area contributed by atoms with Crippen molar-refractivity contribution in [1.29, 1.82) is 0 Å². The number of hydrogen-bond donors (Lipinski definition) is 1. The van der Waals surface area contributed by atoms with Crippen molar-refractivity contribution in [1.82, 2.24) is 5.32 Å². The van der Waals surface area contributed by atoms with E-state index in [2.05, 4.69) is 17.4 Å². The van der Waals surface area contributed by atoms with Crippen molar-refractivity contribution in [3.05, 3.63) is 28.8 Å². The molecule has 21 heavy (non-hydrogen) atoms. The molecular weight excluding hydrogens is 264 g/mol. The normalized spacial score (nSPS) is 18.0. The Morgan fingerprint density at radius 1 is 1.14 bits per heavy atom. The summed E-state index contributed by atoms with van der Waals surface area (Å²) in [5.41, 5.74) is 5.18. The van der Waals surface area contributed by atoms with Crippen LogP contribution in [0.4, 0.5) is 10.5 Å². The molecule has 2 aliphatic rings. The summed E-state index contributed by atoms with van der Waals surface area (Å²) in [6.07, 6.45) is 3.90. The van der Waals surface area contributed by atoms with Gasteiger partial charge in [-0.1, -0.05) is 6.07 Å². The third-order valence-electron chi connectivity index (χ3n) is 4.22. The molecule has 2 heterocycles. The van der Waals surface area contributed by atoms with Gasteiger partial charge in [-0.05, 0) is 75.4 Å². The van der Waals surface area contributed by atoms with Gasteiger partial charge in [0.05, 0.1) is 11.8 Å². The van der Waals surface area contributed by atoms with Crippen molar-refractivity contribution < 1.29 is 9.53 Å². The van der Waals surface area contributed by atoms with E-state index in [1.54, 1.807) is 0 Å². The minimum Gasteiger partial charge on any atom is -0.446 e. The van der Waals surface area contributed by atoms with Gasteiger partial charge in [0.1, 0.15) is 0 Å². The minimum atomic E-state index is -0.211. The van der Waals surface area contributed by atoms with Gasteiger partial charge in [0.15, 0.2) is 0 Å². The Morgan fingerprint density at radius 3 is 2.57 bits per heavy atom. The van der Waals surface area contributed by atoms with E-state index in [0.29, 0.717) is 0 Å². The van der Waals surface area contributed by atoms with Crippen LogP contribution in [0.15, 0.2) is 12.1 Å². The van der Waals surface area contributed by atoms with Crippen molar-refractivity contribution in [2.24, 2.45) is 0 Å². The summed E-state index contributed by atoms with van der Waals surface area (Å²) in [4.78, 5) is 14.1. The number of anilines is 1. The molecule has 0 atom stereocenters. The van der Waals surface area contributed by atoms with Gasteiger partial charge in [-0.15, -0.1) is 0 Å². The second kappa shape index (κ2) is 6.06. The molecule has 0 aliphatic carbocycles. The third-order valence-corrected chi connectivity index (χ3v) is 4.22. The highest BCUT2D eigenvalue weighted by Crippen LogP contribution is 2.32. The summed E-state index contributed by atoms with van der Waals surface area (Å²) in [5, 5.41) is 3.44. The first-order chi connectivity index (χ1) is 10.1. The van der Waals surface area contributed by atoms with Crippen LogP contribution in [0, 0.1) is 0 Å². The second-order valence-corrected chi connectivity index (χ2v) is 6.19. The lowest BCUT2D eigenvalue weighted by Gasteiger charge is -2.30. The van der Waals surface area contributed by atoms with Crippen LogP contribution in [0.2, 0.25) is 0 Å². The molecule has 1 aromatic carbocycles. The first-order valence-electron chi connectivity index (χ1n) is 7.98. The fourth-order valence-corrected chi connectivity index (χ4v) is 3.22. The van der Waals surface area contributed by atoms with Gasteiger partial charge < -0.3 is 10.1 Å². The molecule has 4 nitrogen and oxygen atoms in total. The van der Waals surface area contributed by atoms with Gasteiger partial charge in [0.2, 0.25) is 0 Å². The zero-order valence-corrected chi connectivity index (χ0v) is 12.9. The number of carbonyl (C=O) groups is 1. The predicted molar refractivity (Wildman–Crippen MR) is 84.0 cm³/mol. The average molecular weight is 288 g/mol. The first-order valence-corrected chi connectivity index (χ1v) is 7.98. The number of rotatable bonds is 1. The number of ether oxygens (including phenoxy) is 1. The summed E-state index contributed by atoms with van der Waals surface area (Å²) < 4.78 is 5.39. The molecule has 0 unspecified atom stereocenters. The van der Waals surface area contributed by atoms with E-state index in [0.717, 1.165) is 51.0 Å². The van der Waals surface area contributed by atoms with Crippen LogP contribution in [0.25, 0.3) is 0 Å². The fraction of sp³-hybridized carbons (Fsp3) is 0.588. The van der Waals surface area contributed by atoms with Crippen LogP contribution in [0.1, 0.15) is 37.0 Å². The minimum absolute atomic E-state index is 0.0760. The molecule has 0 fully saturated rings. The SMILES string of the molecule is CC(C)OC(=O)N1CCCc2cc3c(cc21)CCNCC3. The zero-order valence-electron chi connectivity index (χ0n) is 12.9. The molecule has 1 N–H and O–H groups in total. The van der Waals surface area contributed by atoms with Crippen LogP contribution in [-0.4, -0.2) is 31.8 Å². The topological polar surface area (TPSA) is 41.6 Å². The Kier molecular flexibility index (Phi) is 4.15. The van der Waals surface area contributed by atoms with Gasteiger partial charge in [0, 0.05) is 6.54 Å². The largest absolute Gasteiger partial charge is 0.446 e. The quantitative estimate of drug-likeness (QED) is 0.864. The van der Waals surface area contributed by atoms with E-state index in [4.69, 9.17) is 4.74 Å². The Morgan fingerprint density at radius 2 is 1.86 bits per heavy atom. The van der Waals surface area contributed by atoms with Crippen LogP contribution in [0.5, 0.6) is 0 Å². The highest BCUT2D eigenvalue weighted by molar-refractivity contribution is 5.89. The number of amides is 1. The molecule has 3 rings (SSSR count). The average Bonchev–Trinajstić information content (AvgIpc) is 2.68. The van der Waals surface area contributed by atoms with Crippen molar-refractivity contribution >= 4 is 11.8 Å². The number of aryl methyl sites for hydroxylation is 1. The molecule has 4 heteroatoms.